The summed E-state index contributed by atoms with van der Waals surface area (Å²) >= 11 is 0. The molecule has 0 radical (unpaired) electrons. The average Bonchev–Trinajstić information content (AvgIpc) is 1.84. The van der Waals surface area contributed by atoms with Crippen LogP contribution in [0.3, 0.4) is 0 Å². The summed E-state index contributed by atoms with van der Waals surface area (Å²) in [4.78, 5) is 11.0. The molecule has 0 bridgehead atoms. The van der Waals surface area contributed by atoms with Gasteiger partial charge in [0, 0.05) is 0 Å². The number of rotatable bonds is 1. The average molecular weight is 150 g/mol. The van der Waals surface area contributed by atoms with E-state index in [-0.39, 0.29) is 5.78 Å². The number of carbonyl (C=O) groups is 1. The first kappa shape index (κ1) is 8.25. The molecular weight excluding hydrogens is 136 g/mol. The molecule has 60 valence electrons. The molecule has 0 saturated heterocycles. The first-order valence-electron chi connectivity index (χ1n) is 4.17. The van der Waals surface area contributed by atoms with Crippen LogP contribution < -0.4 is 0 Å². The maximum atomic E-state index is 11.0. The van der Waals surface area contributed by atoms with Gasteiger partial charge >= 0.3 is 0 Å². The summed E-state index contributed by atoms with van der Waals surface area (Å²) < 4.78 is 0. The van der Waals surface area contributed by atoms with Gasteiger partial charge in [-0.05, 0) is 38.2 Å². The molecule has 1 aliphatic rings. The fourth-order valence-electron chi connectivity index (χ4n) is 1.23. The Balaban J connectivity index is 2.65. The molecule has 1 aliphatic carbocycles. The zero-order valence-corrected chi connectivity index (χ0v) is 6.97. The molecule has 1 nitrogen and oxygen atoms in total. The number of Topliss-reactive ketones (excluding diaryl/α,β-unsaturated/α-hetero) is 1. The van der Waals surface area contributed by atoms with Crippen molar-refractivity contribution < 1.29 is 4.79 Å². The van der Waals surface area contributed by atoms with Gasteiger partial charge in [0.15, 0.2) is 5.78 Å². The Morgan fingerprint density at radius 3 is 3.00 bits per heavy atom. The van der Waals surface area contributed by atoms with Crippen molar-refractivity contribution in [2.24, 2.45) is 0 Å². The molecule has 0 spiro atoms. The van der Waals surface area contributed by atoms with Crippen molar-refractivity contribution in [3.05, 3.63) is 23.8 Å². The van der Waals surface area contributed by atoms with E-state index in [0.717, 1.165) is 24.8 Å². The van der Waals surface area contributed by atoms with E-state index in [9.17, 15) is 4.79 Å². The molecule has 0 aliphatic heterocycles. The highest BCUT2D eigenvalue weighted by molar-refractivity contribution is 5.93. The second-order valence-corrected chi connectivity index (χ2v) is 2.92. The van der Waals surface area contributed by atoms with Crippen LogP contribution in [0.4, 0.5) is 0 Å². The Labute approximate surface area is 67.8 Å². The lowest BCUT2D eigenvalue weighted by Crippen LogP contribution is -1.97. The number of carbonyl (C=O) groups excluding carboxylic acids is 1. The SMILES string of the molecule is CC(=O)C1=CC=CCCCC1. The number of ketones is 1. The first-order chi connectivity index (χ1) is 5.30. The standard InChI is InChI=1S/C10H14O/c1-9(11)10-7-5-3-2-4-6-8-10/h3,5,7H,2,4,6,8H2,1H3. The minimum atomic E-state index is 0.219. The maximum Gasteiger partial charge on any atom is 0.155 e. The van der Waals surface area contributed by atoms with Gasteiger partial charge in [0.1, 0.15) is 0 Å². The van der Waals surface area contributed by atoms with Crippen LogP contribution in [0.15, 0.2) is 23.8 Å². The Morgan fingerprint density at radius 1 is 1.45 bits per heavy atom. The zero-order valence-electron chi connectivity index (χ0n) is 6.97. The van der Waals surface area contributed by atoms with Crippen LogP contribution in [0.5, 0.6) is 0 Å². The smallest absolute Gasteiger partial charge is 0.155 e. The van der Waals surface area contributed by atoms with Crippen LogP contribution >= 0.6 is 0 Å². The summed E-state index contributed by atoms with van der Waals surface area (Å²) in [6, 6.07) is 0. The van der Waals surface area contributed by atoms with Crippen LogP contribution in [0.2, 0.25) is 0 Å². The summed E-state index contributed by atoms with van der Waals surface area (Å²) in [5, 5.41) is 0. The number of hydrogen-bond donors (Lipinski definition) is 0. The zero-order chi connectivity index (χ0) is 8.10. The molecule has 0 aromatic carbocycles. The third-order valence-corrected chi connectivity index (χ3v) is 1.95. The monoisotopic (exact) mass is 150 g/mol. The van der Waals surface area contributed by atoms with E-state index in [4.69, 9.17) is 0 Å². The molecule has 0 unspecified atom stereocenters. The molecule has 0 fully saturated rings. The van der Waals surface area contributed by atoms with Gasteiger partial charge < -0.3 is 0 Å². The third-order valence-electron chi connectivity index (χ3n) is 1.95. The van der Waals surface area contributed by atoms with Crippen molar-refractivity contribution in [1.82, 2.24) is 0 Å². The van der Waals surface area contributed by atoms with Gasteiger partial charge in [-0.3, -0.25) is 4.79 Å². The van der Waals surface area contributed by atoms with E-state index in [1.165, 1.54) is 6.42 Å². The van der Waals surface area contributed by atoms with Gasteiger partial charge in [-0.2, -0.15) is 0 Å². The Kier molecular flexibility index (Phi) is 3.09. The fraction of sp³-hybridized carbons (Fsp3) is 0.500. The molecule has 0 amide bonds. The lowest BCUT2D eigenvalue weighted by Gasteiger charge is -2.03. The second-order valence-electron chi connectivity index (χ2n) is 2.92. The second kappa shape index (κ2) is 4.12. The Hall–Kier alpha value is -0.850. The summed E-state index contributed by atoms with van der Waals surface area (Å²) in [6.45, 7) is 1.64. The highest BCUT2D eigenvalue weighted by Gasteiger charge is 2.02. The lowest BCUT2D eigenvalue weighted by molar-refractivity contribution is -0.113. The summed E-state index contributed by atoms with van der Waals surface area (Å²) in [6.07, 6.45) is 10.5. The van der Waals surface area contributed by atoms with Crippen LogP contribution in [-0.2, 0) is 4.79 Å². The minimum Gasteiger partial charge on any atom is -0.295 e. The van der Waals surface area contributed by atoms with Crippen molar-refractivity contribution in [3.8, 4) is 0 Å². The van der Waals surface area contributed by atoms with E-state index in [0.29, 0.717) is 0 Å². The molecule has 0 atom stereocenters. The van der Waals surface area contributed by atoms with Crippen molar-refractivity contribution in [3.63, 3.8) is 0 Å². The Morgan fingerprint density at radius 2 is 2.27 bits per heavy atom. The van der Waals surface area contributed by atoms with Gasteiger partial charge in [0.05, 0.1) is 0 Å². The highest BCUT2D eigenvalue weighted by Crippen LogP contribution is 2.13. The van der Waals surface area contributed by atoms with E-state index >= 15 is 0 Å². The molecule has 0 heterocycles. The van der Waals surface area contributed by atoms with Crippen LogP contribution in [-0.4, -0.2) is 5.78 Å². The quantitative estimate of drug-likeness (QED) is 0.561. The van der Waals surface area contributed by atoms with E-state index in [1.54, 1.807) is 6.92 Å². The molecule has 1 heteroatoms. The van der Waals surface area contributed by atoms with Crippen molar-refractivity contribution in [1.29, 1.82) is 0 Å². The van der Waals surface area contributed by atoms with Crippen LogP contribution in [0, 0.1) is 0 Å². The predicted octanol–water partition coefficient (Wildman–Crippen LogP) is 2.63. The molecule has 11 heavy (non-hydrogen) atoms. The van der Waals surface area contributed by atoms with Gasteiger partial charge in [-0.25, -0.2) is 0 Å². The summed E-state index contributed by atoms with van der Waals surface area (Å²) in [5.74, 6) is 0.219. The molecule has 0 aromatic heterocycles. The molecule has 0 saturated carbocycles. The molecule has 1 rings (SSSR count). The topological polar surface area (TPSA) is 17.1 Å². The van der Waals surface area contributed by atoms with Crippen molar-refractivity contribution in [2.45, 2.75) is 32.6 Å². The van der Waals surface area contributed by atoms with Gasteiger partial charge in [-0.1, -0.05) is 18.2 Å². The predicted molar refractivity (Wildman–Crippen MR) is 46.4 cm³/mol. The third kappa shape index (κ3) is 2.71. The summed E-state index contributed by atoms with van der Waals surface area (Å²) in [7, 11) is 0. The lowest BCUT2D eigenvalue weighted by atomic mass is 10.0. The van der Waals surface area contributed by atoms with Gasteiger partial charge in [0.25, 0.3) is 0 Å². The van der Waals surface area contributed by atoms with Gasteiger partial charge in [-0.15, -0.1) is 0 Å². The summed E-state index contributed by atoms with van der Waals surface area (Å²) in [5.41, 5.74) is 0.973. The molecular formula is C10H14O. The molecule has 0 aromatic rings. The van der Waals surface area contributed by atoms with Crippen molar-refractivity contribution >= 4 is 5.78 Å². The van der Waals surface area contributed by atoms with E-state index in [1.807, 2.05) is 12.2 Å². The maximum absolute atomic E-state index is 11.0. The van der Waals surface area contributed by atoms with Crippen LogP contribution in [0.1, 0.15) is 32.6 Å². The van der Waals surface area contributed by atoms with Crippen molar-refractivity contribution in [2.75, 3.05) is 0 Å². The minimum absolute atomic E-state index is 0.219. The highest BCUT2D eigenvalue weighted by atomic mass is 16.1. The normalized spacial score (nSPS) is 18.5. The first-order valence-corrected chi connectivity index (χ1v) is 4.17. The number of allylic oxidation sites excluding steroid dienone is 4. The fourth-order valence-corrected chi connectivity index (χ4v) is 1.23. The molecule has 0 N–H and O–H groups in total. The van der Waals surface area contributed by atoms with E-state index in [2.05, 4.69) is 6.08 Å². The van der Waals surface area contributed by atoms with E-state index < -0.39 is 0 Å². The Bertz CT molecular complexity index is 199. The number of hydrogen-bond acceptors (Lipinski definition) is 1. The van der Waals surface area contributed by atoms with Gasteiger partial charge in [0.2, 0.25) is 0 Å². The van der Waals surface area contributed by atoms with Crippen LogP contribution in [0.25, 0.3) is 0 Å². The largest absolute Gasteiger partial charge is 0.295 e.